The minimum Gasteiger partial charge on any atom is -0.481 e. The summed E-state index contributed by atoms with van der Waals surface area (Å²) in [6.07, 6.45) is 5.05. The number of pyridine rings is 1. The molecule has 2 atom stereocenters. The van der Waals surface area contributed by atoms with Gasteiger partial charge in [0.05, 0.1) is 23.1 Å². The zero-order valence-electron chi connectivity index (χ0n) is 19.9. The fourth-order valence-corrected chi connectivity index (χ4v) is 4.20. The van der Waals surface area contributed by atoms with Crippen LogP contribution in [0.25, 0.3) is 10.9 Å². The lowest BCUT2D eigenvalue weighted by Gasteiger charge is -2.30. The molecule has 8 nitrogen and oxygen atoms in total. The molecule has 3 aromatic rings. The van der Waals surface area contributed by atoms with Crippen molar-refractivity contribution in [3.05, 3.63) is 70.4 Å². The number of aromatic nitrogens is 1. The van der Waals surface area contributed by atoms with Gasteiger partial charge >= 0.3 is 11.9 Å². The highest BCUT2D eigenvalue weighted by atomic mass is 35.5. The van der Waals surface area contributed by atoms with Crippen LogP contribution in [-0.2, 0) is 9.59 Å². The first-order chi connectivity index (χ1) is 17.1. The first kappa shape index (κ1) is 26.5. The molecular formula is C27H26ClN3O5. The summed E-state index contributed by atoms with van der Waals surface area (Å²) < 4.78 is 0. The van der Waals surface area contributed by atoms with Crippen molar-refractivity contribution in [1.29, 1.82) is 0 Å². The van der Waals surface area contributed by atoms with E-state index in [0.29, 0.717) is 11.6 Å². The topological polar surface area (TPSA) is 120 Å². The molecule has 186 valence electrons. The molecule has 9 heteroatoms. The Morgan fingerprint density at radius 3 is 2.44 bits per heavy atom. The van der Waals surface area contributed by atoms with Gasteiger partial charge in [-0.25, -0.2) is 4.79 Å². The molecule has 0 spiro atoms. The van der Waals surface area contributed by atoms with Gasteiger partial charge in [0, 0.05) is 28.8 Å². The van der Waals surface area contributed by atoms with Crippen molar-refractivity contribution < 1.29 is 24.6 Å². The summed E-state index contributed by atoms with van der Waals surface area (Å²) in [5.41, 5.74) is 3.63. The minimum absolute atomic E-state index is 0.130. The van der Waals surface area contributed by atoms with Crippen LogP contribution in [0, 0.1) is 19.3 Å². The van der Waals surface area contributed by atoms with Gasteiger partial charge in [-0.3, -0.25) is 14.6 Å². The molecule has 1 unspecified atom stereocenters. The third-order valence-corrected chi connectivity index (χ3v) is 6.15. The SMILES string of the molecule is C#CCN(c1ccc(C(=O)N[C@@H](CCC(=O)O)C(=O)O)cc1)C(C)c1ccc2nc(C)cc(Cl)c2c1. The van der Waals surface area contributed by atoms with Gasteiger partial charge in [-0.15, -0.1) is 6.42 Å². The number of carbonyl (C=O) groups is 3. The van der Waals surface area contributed by atoms with Crippen molar-refractivity contribution in [2.75, 3.05) is 11.4 Å². The normalized spacial score (nSPS) is 12.4. The largest absolute Gasteiger partial charge is 0.481 e. The highest BCUT2D eigenvalue weighted by Gasteiger charge is 2.22. The summed E-state index contributed by atoms with van der Waals surface area (Å²) in [6.45, 7) is 4.20. The Balaban J connectivity index is 1.81. The maximum Gasteiger partial charge on any atom is 0.326 e. The van der Waals surface area contributed by atoms with Gasteiger partial charge in [0.2, 0.25) is 0 Å². The van der Waals surface area contributed by atoms with E-state index in [1.54, 1.807) is 24.3 Å². The molecule has 0 bridgehead atoms. The van der Waals surface area contributed by atoms with Crippen LogP contribution in [0.5, 0.6) is 0 Å². The number of benzene rings is 2. The Bertz CT molecular complexity index is 1330. The lowest BCUT2D eigenvalue weighted by Crippen LogP contribution is -2.41. The zero-order valence-corrected chi connectivity index (χ0v) is 20.6. The van der Waals surface area contributed by atoms with E-state index in [0.717, 1.165) is 27.8 Å². The van der Waals surface area contributed by atoms with Crippen molar-refractivity contribution >= 4 is 46.0 Å². The molecule has 0 aliphatic heterocycles. The molecule has 0 radical (unpaired) electrons. The summed E-state index contributed by atoms with van der Waals surface area (Å²) in [4.78, 5) is 41.2. The summed E-state index contributed by atoms with van der Waals surface area (Å²) in [7, 11) is 0. The first-order valence-electron chi connectivity index (χ1n) is 11.2. The van der Waals surface area contributed by atoms with E-state index in [1.165, 1.54) is 0 Å². The molecule has 0 saturated carbocycles. The van der Waals surface area contributed by atoms with Gasteiger partial charge in [0.15, 0.2) is 0 Å². The first-order valence-corrected chi connectivity index (χ1v) is 11.6. The summed E-state index contributed by atoms with van der Waals surface area (Å²) >= 11 is 6.44. The molecule has 0 saturated heterocycles. The number of nitrogens with zero attached hydrogens (tertiary/aromatic N) is 2. The lowest BCUT2D eigenvalue weighted by molar-refractivity contribution is -0.140. The summed E-state index contributed by atoms with van der Waals surface area (Å²) in [5.74, 6) is -0.373. The second-order valence-electron chi connectivity index (χ2n) is 8.37. The quantitative estimate of drug-likeness (QED) is 0.347. The molecule has 3 rings (SSSR count). The van der Waals surface area contributed by atoms with E-state index >= 15 is 0 Å². The Labute approximate surface area is 213 Å². The highest BCUT2D eigenvalue weighted by molar-refractivity contribution is 6.35. The molecule has 1 amide bonds. The number of amides is 1. The third kappa shape index (κ3) is 6.32. The summed E-state index contributed by atoms with van der Waals surface area (Å²) in [6, 6.07) is 12.9. The van der Waals surface area contributed by atoms with Gasteiger partial charge in [-0.2, -0.15) is 0 Å². The number of fused-ring (bicyclic) bond motifs is 1. The number of aliphatic carboxylic acids is 2. The molecule has 2 aromatic carbocycles. The average Bonchev–Trinajstić information content (AvgIpc) is 2.84. The van der Waals surface area contributed by atoms with Crippen molar-refractivity contribution in [1.82, 2.24) is 10.3 Å². The van der Waals surface area contributed by atoms with Crippen molar-refractivity contribution in [3.63, 3.8) is 0 Å². The van der Waals surface area contributed by atoms with E-state index in [9.17, 15) is 19.5 Å². The zero-order chi connectivity index (χ0) is 26.4. The third-order valence-electron chi connectivity index (χ3n) is 5.83. The lowest BCUT2D eigenvalue weighted by atomic mass is 10.0. The van der Waals surface area contributed by atoms with Gasteiger partial charge in [0.1, 0.15) is 6.04 Å². The molecule has 1 heterocycles. The van der Waals surface area contributed by atoms with Crippen molar-refractivity contribution in [2.45, 2.75) is 38.8 Å². The van der Waals surface area contributed by atoms with Crippen LogP contribution < -0.4 is 10.2 Å². The number of halogens is 1. The molecule has 3 N–H and O–H groups in total. The van der Waals surface area contributed by atoms with Crippen molar-refractivity contribution in [3.8, 4) is 12.3 Å². The minimum atomic E-state index is -1.30. The second-order valence-corrected chi connectivity index (χ2v) is 8.78. The van der Waals surface area contributed by atoms with Gasteiger partial charge < -0.3 is 20.4 Å². The number of rotatable bonds is 10. The second kappa shape index (κ2) is 11.6. The van der Waals surface area contributed by atoms with Crippen molar-refractivity contribution in [2.24, 2.45) is 0 Å². The monoisotopic (exact) mass is 507 g/mol. The number of carboxylic acid groups (broad SMARTS) is 2. The van der Waals surface area contributed by atoms with Gasteiger partial charge in [0.25, 0.3) is 5.91 Å². The Kier molecular flexibility index (Phi) is 8.51. The smallest absolute Gasteiger partial charge is 0.326 e. The molecule has 36 heavy (non-hydrogen) atoms. The maximum absolute atomic E-state index is 12.6. The van der Waals surface area contributed by atoms with Crippen LogP contribution in [0.3, 0.4) is 0 Å². The average molecular weight is 508 g/mol. The molecule has 0 aliphatic carbocycles. The van der Waals surface area contributed by atoms with Gasteiger partial charge in [-0.1, -0.05) is 23.6 Å². The fourth-order valence-electron chi connectivity index (χ4n) is 3.89. The van der Waals surface area contributed by atoms with E-state index in [-0.39, 0.29) is 24.4 Å². The molecule has 0 fully saturated rings. The number of terminal acetylenes is 1. The van der Waals surface area contributed by atoms with E-state index in [1.807, 2.05) is 43.0 Å². The number of aryl methyl sites for hydroxylation is 1. The number of hydrogen-bond donors (Lipinski definition) is 3. The predicted octanol–water partition coefficient (Wildman–Crippen LogP) is 4.45. The Morgan fingerprint density at radius 1 is 1.14 bits per heavy atom. The fraction of sp³-hybridized carbons (Fsp3) is 0.259. The number of carbonyl (C=O) groups excluding carboxylic acids is 1. The highest BCUT2D eigenvalue weighted by Crippen LogP contribution is 2.31. The predicted molar refractivity (Wildman–Crippen MR) is 138 cm³/mol. The van der Waals surface area contributed by atoms with Gasteiger partial charge in [-0.05, 0) is 68.3 Å². The molecule has 1 aromatic heterocycles. The van der Waals surface area contributed by atoms with Crippen LogP contribution in [0.15, 0.2) is 48.5 Å². The summed E-state index contributed by atoms with van der Waals surface area (Å²) in [5, 5.41) is 21.9. The van der Waals surface area contributed by atoms with Crippen LogP contribution in [0.2, 0.25) is 5.02 Å². The van der Waals surface area contributed by atoms with Crippen LogP contribution >= 0.6 is 11.6 Å². The number of hydrogen-bond acceptors (Lipinski definition) is 5. The standard InChI is InChI=1S/C27H26ClN3O5/c1-4-13-31(17(3)19-7-10-23-21(15-19)22(28)14-16(2)29-23)20-8-5-18(6-9-20)26(34)30-24(27(35)36)11-12-25(32)33/h1,5-10,14-15,17,24H,11-13H2,2-3H3,(H,30,34)(H,32,33)(H,35,36)/t17?,24-/m0/s1. The van der Waals surface area contributed by atoms with Crippen LogP contribution in [0.4, 0.5) is 5.69 Å². The van der Waals surface area contributed by atoms with E-state index < -0.39 is 23.9 Å². The Hall–Kier alpha value is -4.09. The molecular weight excluding hydrogens is 482 g/mol. The Morgan fingerprint density at radius 2 is 1.83 bits per heavy atom. The maximum atomic E-state index is 12.6. The van der Waals surface area contributed by atoms with E-state index in [4.69, 9.17) is 23.1 Å². The number of anilines is 1. The number of carboxylic acids is 2. The van der Waals surface area contributed by atoms with Crippen LogP contribution in [0.1, 0.15) is 47.4 Å². The number of nitrogens with one attached hydrogen (secondary N) is 1. The van der Waals surface area contributed by atoms with E-state index in [2.05, 4.69) is 16.2 Å². The molecule has 0 aliphatic rings. The van der Waals surface area contributed by atoms with Crippen LogP contribution in [-0.4, -0.2) is 45.6 Å².